The van der Waals surface area contributed by atoms with Gasteiger partial charge in [0, 0.05) is 11.8 Å². The molecule has 7 nitrogen and oxygen atoms in total. The van der Waals surface area contributed by atoms with Crippen LogP contribution in [0.3, 0.4) is 0 Å². The second-order valence-electron chi connectivity index (χ2n) is 4.53. The van der Waals surface area contributed by atoms with Crippen LogP contribution in [0.15, 0.2) is 10.9 Å². The first-order valence-corrected chi connectivity index (χ1v) is 7.59. The van der Waals surface area contributed by atoms with E-state index in [1.807, 2.05) is 11.8 Å². The third-order valence-corrected chi connectivity index (χ3v) is 3.77. The number of rotatable bonds is 6. The predicted molar refractivity (Wildman–Crippen MR) is 79.5 cm³/mol. The Morgan fingerprint density at radius 2 is 2.24 bits per heavy atom. The molecule has 0 unspecified atom stereocenters. The van der Waals surface area contributed by atoms with Crippen LogP contribution in [0.4, 0.5) is 0 Å². The molecule has 114 valence electrons. The van der Waals surface area contributed by atoms with E-state index in [0.717, 1.165) is 5.01 Å². The van der Waals surface area contributed by atoms with Crippen LogP contribution in [-0.4, -0.2) is 45.2 Å². The molecule has 0 fully saturated rings. The summed E-state index contributed by atoms with van der Waals surface area (Å²) >= 11 is 1.36. The van der Waals surface area contributed by atoms with Crippen molar-refractivity contribution in [2.75, 3.05) is 19.7 Å². The zero-order valence-electron chi connectivity index (χ0n) is 12.3. The Balaban J connectivity index is 2.16. The minimum Gasteiger partial charge on any atom is -0.465 e. The summed E-state index contributed by atoms with van der Waals surface area (Å²) in [6.07, 6.45) is 0. The zero-order chi connectivity index (χ0) is 15.4. The molecule has 0 saturated carbocycles. The van der Waals surface area contributed by atoms with Gasteiger partial charge in [-0.2, -0.15) is 9.61 Å². The molecule has 2 aromatic heterocycles. The van der Waals surface area contributed by atoms with Gasteiger partial charge in [-0.1, -0.05) is 18.3 Å². The third-order valence-electron chi connectivity index (χ3n) is 2.88. The topological polar surface area (TPSA) is 76.8 Å². The molecule has 0 aliphatic carbocycles. The largest absolute Gasteiger partial charge is 0.465 e. The molecule has 0 saturated heterocycles. The van der Waals surface area contributed by atoms with Gasteiger partial charge in [-0.05, 0) is 20.4 Å². The summed E-state index contributed by atoms with van der Waals surface area (Å²) in [7, 11) is 0. The van der Waals surface area contributed by atoms with Crippen LogP contribution in [0, 0.1) is 6.92 Å². The minimum atomic E-state index is -0.258. The molecule has 0 aromatic carbocycles. The standard InChI is InChI=1S/C13H18N4O3S/c1-4-16(8-12(19)20-5-2)7-10-15-17-11(18)6-9(3)14-13(17)21-10/h6H,4-5,7-8H2,1-3H3. The summed E-state index contributed by atoms with van der Waals surface area (Å²) in [4.78, 5) is 30.1. The van der Waals surface area contributed by atoms with Crippen molar-refractivity contribution in [3.05, 3.63) is 27.1 Å². The number of hydrogen-bond donors (Lipinski definition) is 0. The van der Waals surface area contributed by atoms with E-state index in [4.69, 9.17) is 4.74 Å². The van der Waals surface area contributed by atoms with Crippen LogP contribution in [0.1, 0.15) is 24.5 Å². The number of carbonyl (C=O) groups is 1. The fourth-order valence-corrected chi connectivity index (χ4v) is 2.87. The molecule has 2 heterocycles. The lowest BCUT2D eigenvalue weighted by Crippen LogP contribution is -2.30. The molecule has 2 rings (SSSR count). The highest BCUT2D eigenvalue weighted by Gasteiger charge is 2.14. The monoisotopic (exact) mass is 310 g/mol. The quantitative estimate of drug-likeness (QED) is 0.736. The summed E-state index contributed by atoms with van der Waals surface area (Å²) in [5.74, 6) is -0.258. The van der Waals surface area contributed by atoms with Gasteiger partial charge in [0.1, 0.15) is 5.01 Å². The molecular weight excluding hydrogens is 292 g/mol. The first-order chi connectivity index (χ1) is 10.0. The van der Waals surface area contributed by atoms with Crippen LogP contribution < -0.4 is 5.56 Å². The lowest BCUT2D eigenvalue weighted by molar-refractivity contribution is -0.144. The van der Waals surface area contributed by atoms with Gasteiger partial charge in [-0.15, -0.1) is 0 Å². The summed E-state index contributed by atoms with van der Waals surface area (Å²) in [6, 6.07) is 1.45. The van der Waals surface area contributed by atoms with Crippen molar-refractivity contribution in [3.8, 4) is 0 Å². The Morgan fingerprint density at radius 3 is 2.90 bits per heavy atom. The Morgan fingerprint density at radius 1 is 1.48 bits per heavy atom. The van der Waals surface area contributed by atoms with Gasteiger partial charge in [-0.25, -0.2) is 4.98 Å². The molecule has 0 spiro atoms. The minimum absolute atomic E-state index is 0.187. The van der Waals surface area contributed by atoms with Crippen LogP contribution in [0.25, 0.3) is 4.96 Å². The van der Waals surface area contributed by atoms with E-state index in [2.05, 4.69) is 10.1 Å². The average Bonchev–Trinajstić information content (AvgIpc) is 2.81. The number of fused-ring (bicyclic) bond motifs is 1. The number of aryl methyl sites for hydroxylation is 1. The van der Waals surface area contributed by atoms with Crippen LogP contribution >= 0.6 is 11.3 Å². The first kappa shape index (κ1) is 15.6. The molecule has 2 aromatic rings. The van der Waals surface area contributed by atoms with E-state index >= 15 is 0 Å². The number of likely N-dealkylation sites (N-methyl/N-ethyl adjacent to an activating group) is 1. The molecule has 0 atom stereocenters. The summed E-state index contributed by atoms with van der Waals surface area (Å²) in [5.41, 5.74) is 0.488. The lowest BCUT2D eigenvalue weighted by Gasteiger charge is -2.17. The van der Waals surface area contributed by atoms with Gasteiger partial charge in [0.05, 0.1) is 19.7 Å². The van der Waals surface area contributed by atoms with Crippen molar-refractivity contribution < 1.29 is 9.53 Å². The average molecular weight is 310 g/mol. The maximum atomic E-state index is 11.8. The van der Waals surface area contributed by atoms with Gasteiger partial charge >= 0.3 is 5.97 Å². The highest BCUT2D eigenvalue weighted by Crippen LogP contribution is 2.13. The van der Waals surface area contributed by atoms with E-state index < -0.39 is 0 Å². The van der Waals surface area contributed by atoms with E-state index in [1.54, 1.807) is 13.8 Å². The maximum Gasteiger partial charge on any atom is 0.320 e. The highest BCUT2D eigenvalue weighted by atomic mass is 32.1. The van der Waals surface area contributed by atoms with E-state index in [-0.39, 0.29) is 18.1 Å². The lowest BCUT2D eigenvalue weighted by atomic mass is 10.4. The predicted octanol–water partition coefficient (Wildman–Crippen LogP) is 0.844. The first-order valence-electron chi connectivity index (χ1n) is 6.77. The molecular formula is C13H18N4O3S. The van der Waals surface area contributed by atoms with Crippen molar-refractivity contribution >= 4 is 22.3 Å². The van der Waals surface area contributed by atoms with Crippen molar-refractivity contribution in [2.24, 2.45) is 0 Å². The van der Waals surface area contributed by atoms with Gasteiger partial charge < -0.3 is 4.74 Å². The molecule has 0 amide bonds. The fourth-order valence-electron chi connectivity index (χ4n) is 1.88. The number of aromatic nitrogens is 3. The number of hydrogen-bond acceptors (Lipinski definition) is 7. The van der Waals surface area contributed by atoms with Gasteiger partial charge in [0.25, 0.3) is 5.56 Å². The Bertz CT molecular complexity index is 694. The molecule has 21 heavy (non-hydrogen) atoms. The van der Waals surface area contributed by atoms with Crippen molar-refractivity contribution in [1.29, 1.82) is 0 Å². The summed E-state index contributed by atoms with van der Waals surface area (Å²) in [6.45, 7) is 7.28. The normalized spacial score (nSPS) is 11.2. The zero-order valence-corrected chi connectivity index (χ0v) is 13.1. The van der Waals surface area contributed by atoms with Gasteiger partial charge in [-0.3, -0.25) is 14.5 Å². The molecule has 0 radical (unpaired) electrons. The highest BCUT2D eigenvalue weighted by molar-refractivity contribution is 7.16. The Hall–Kier alpha value is -1.80. The maximum absolute atomic E-state index is 11.8. The van der Waals surface area contributed by atoms with E-state index in [9.17, 15) is 9.59 Å². The summed E-state index contributed by atoms with van der Waals surface area (Å²) in [5, 5.41) is 5.01. The summed E-state index contributed by atoms with van der Waals surface area (Å²) < 4.78 is 6.24. The van der Waals surface area contributed by atoms with Crippen molar-refractivity contribution in [3.63, 3.8) is 0 Å². The molecule has 0 bridgehead atoms. The fraction of sp³-hybridized carbons (Fsp3) is 0.538. The van der Waals surface area contributed by atoms with Crippen molar-refractivity contribution in [2.45, 2.75) is 27.3 Å². The number of carbonyl (C=O) groups excluding carboxylic acids is 1. The number of nitrogens with zero attached hydrogens (tertiary/aromatic N) is 4. The van der Waals surface area contributed by atoms with Crippen molar-refractivity contribution in [1.82, 2.24) is 19.5 Å². The second-order valence-corrected chi connectivity index (χ2v) is 5.57. The Kier molecular flexibility index (Phi) is 5.03. The van der Waals surface area contributed by atoms with Crippen LogP contribution in [-0.2, 0) is 16.1 Å². The second kappa shape index (κ2) is 6.77. The van der Waals surface area contributed by atoms with E-state index in [0.29, 0.717) is 30.4 Å². The Labute approximate surface area is 126 Å². The molecule has 8 heteroatoms. The molecule has 0 aliphatic heterocycles. The van der Waals surface area contributed by atoms with Crippen LogP contribution in [0.5, 0.6) is 0 Å². The SMILES string of the molecule is CCOC(=O)CN(CC)Cc1nn2c(=O)cc(C)nc2s1. The smallest absolute Gasteiger partial charge is 0.320 e. The number of esters is 1. The molecule has 0 N–H and O–H groups in total. The number of ether oxygens (including phenoxy) is 1. The van der Waals surface area contributed by atoms with Gasteiger partial charge in [0.15, 0.2) is 0 Å². The molecule has 0 aliphatic rings. The van der Waals surface area contributed by atoms with E-state index in [1.165, 1.54) is 21.9 Å². The third kappa shape index (κ3) is 3.85. The van der Waals surface area contributed by atoms with Crippen LogP contribution in [0.2, 0.25) is 0 Å². The van der Waals surface area contributed by atoms with Gasteiger partial charge in [0.2, 0.25) is 4.96 Å².